The van der Waals surface area contributed by atoms with Crippen LogP contribution in [-0.4, -0.2) is 26.0 Å². The van der Waals surface area contributed by atoms with Crippen LogP contribution in [0.5, 0.6) is 5.75 Å². The molecular formula is C25H21ClN2O3S. The molecule has 0 saturated carbocycles. The summed E-state index contributed by atoms with van der Waals surface area (Å²) in [5, 5.41) is 3.49. The van der Waals surface area contributed by atoms with E-state index in [9.17, 15) is 9.59 Å². The predicted molar refractivity (Wildman–Crippen MR) is 129 cm³/mol. The lowest BCUT2D eigenvalue weighted by molar-refractivity contribution is -0.114. The van der Waals surface area contributed by atoms with Gasteiger partial charge in [0.1, 0.15) is 5.75 Å². The quantitative estimate of drug-likeness (QED) is 0.514. The fraction of sp³-hybridized carbons (Fsp3) is 0.120. The Labute approximate surface area is 196 Å². The topological polar surface area (TPSA) is 58.6 Å². The van der Waals surface area contributed by atoms with Crippen LogP contribution in [0.1, 0.15) is 21.5 Å². The van der Waals surface area contributed by atoms with E-state index in [0.29, 0.717) is 33.5 Å². The van der Waals surface area contributed by atoms with Crippen LogP contribution < -0.4 is 15.0 Å². The number of rotatable bonds is 5. The summed E-state index contributed by atoms with van der Waals surface area (Å²) in [5.74, 6) is 0.336. The number of halogens is 1. The number of fused-ring (bicyclic) bond motifs is 1. The minimum atomic E-state index is -0.228. The fourth-order valence-corrected chi connectivity index (χ4v) is 4.67. The lowest BCUT2D eigenvalue weighted by Crippen LogP contribution is -2.31. The highest BCUT2D eigenvalue weighted by Crippen LogP contribution is 2.42. The molecule has 0 aliphatic carbocycles. The van der Waals surface area contributed by atoms with Crippen molar-refractivity contribution in [1.29, 1.82) is 0 Å². The van der Waals surface area contributed by atoms with E-state index in [4.69, 9.17) is 16.3 Å². The van der Waals surface area contributed by atoms with Crippen LogP contribution >= 0.6 is 23.4 Å². The van der Waals surface area contributed by atoms with Crippen LogP contribution in [-0.2, 0) is 11.3 Å². The van der Waals surface area contributed by atoms with E-state index < -0.39 is 0 Å². The van der Waals surface area contributed by atoms with Gasteiger partial charge < -0.3 is 15.0 Å². The zero-order chi connectivity index (χ0) is 22.7. The molecule has 0 fully saturated rings. The highest BCUT2D eigenvalue weighted by atomic mass is 35.5. The van der Waals surface area contributed by atoms with Crippen molar-refractivity contribution in [3.05, 3.63) is 93.3 Å². The van der Waals surface area contributed by atoms with Gasteiger partial charge in [-0.2, -0.15) is 0 Å². The summed E-state index contributed by atoms with van der Waals surface area (Å²) in [7, 11) is 3.31. The Kier molecular flexibility index (Phi) is 6.53. The molecule has 7 heteroatoms. The van der Waals surface area contributed by atoms with Crippen molar-refractivity contribution < 1.29 is 14.3 Å². The van der Waals surface area contributed by atoms with Crippen molar-refractivity contribution in [2.24, 2.45) is 0 Å². The van der Waals surface area contributed by atoms with Crippen molar-refractivity contribution in [2.75, 3.05) is 19.1 Å². The molecule has 5 nitrogen and oxygen atoms in total. The van der Waals surface area contributed by atoms with Crippen molar-refractivity contribution >= 4 is 46.9 Å². The molecule has 0 radical (unpaired) electrons. The average molecular weight is 465 g/mol. The van der Waals surface area contributed by atoms with E-state index in [1.165, 1.54) is 11.8 Å². The minimum Gasteiger partial charge on any atom is -0.496 e. The molecule has 3 aromatic carbocycles. The Hall–Kier alpha value is -3.22. The molecule has 0 atom stereocenters. The van der Waals surface area contributed by atoms with Crippen molar-refractivity contribution in [1.82, 2.24) is 5.32 Å². The number of nitrogens with zero attached hydrogens (tertiary/aromatic N) is 1. The first-order valence-corrected chi connectivity index (χ1v) is 11.1. The highest BCUT2D eigenvalue weighted by molar-refractivity contribution is 8.04. The lowest BCUT2D eigenvalue weighted by Gasteiger charge is -2.27. The first kappa shape index (κ1) is 22.0. The smallest absolute Gasteiger partial charge is 0.264 e. The number of carbonyl (C=O) groups is 2. The van der Waals surface area contributed by atoms with Crippen molar-refractivity contribution in [3.63, 3.8) is 0 Å². The van der Waals surface area contributed by atoms with Gasteiger partial charge in [0.25, 0.3) is 11.8 Å². The van der Waals surface area contributed by atoms with Crippen LogP contribution in [0, 0.1) is 0 Å². The molecule has 1 aliphatic rings. The second-order valence-electron chi connectivity index (χ2n) is 7.17. The zero-order valence-corrected chi connectivity index (χ0v) is 19.2. The fourth-order valence-electron chi connectivity index (χ4n) is 3.38. The third-order valence-corrected chi connectivity index (χ3v) is 6.59. The van der Waals surface area contributed by atoms with E-state index in [0.717, 1.165) is 16.0 Å². The van der Waals surface area contributed by atoms with Gasteiger partial charge in [0.05, 0.1) is 17.7 Å². The summed E-state index contributed by atoms with van der Waals surface area (Å²) >= 11 is 7.54. The number of hydrogen-bond donors (Lipinski definition) is 1. The molecule has 3 aromatic rings. The molecule has 0 saturated heterocycles. The summed E-state index contributed by atoms with van der Waals surface area (Å²) in [6.07, 6.45) is 1.83. The number of nitrogens with one attached hydrogen (secondary N) is 1. The van der Waals surface area contributed by atoms with Gasteiger partial charge in [-0.05, 0) is 42.0 Å². The van der Waals surface area contributed by atoms with Crippen LogP contribution in [0.15, 0.2) is 76.5 Å². The third-order valence-electron chi connectivity index (χ3n) is 5.14. The van der Waals surface area contributed by atoms with Gasteiger partial charge in [-0.3, -0.25) is 9.59 Å². The SMILES string of the molecule is COc1ccccc1C=C1Sc2ccc(C(=O)NCc3ccccc3Cl)cc2N(C)C1=O. The summed E-state index contributed by atoms with van der Waals surface area (Å²) < 4.78 is 5.39. The number of ether oxygens (including phenoxy) is 1. The number of thioether (sulfide) groups is 1. The molecule has 162 valence electrons. The number of anilines is 1. The van der Waals surface area contributed by atoms with Gasteiger partial charge in [0.15, 0.2) is 0 Å². The van der Waals surface area contributed by atoms with Crippen molar-refractivity contribution in [3.8, 4) is 5.75 Å². The summed E-state index contributed by atoms with van der Waals surface area (Å²) in [6.45, 7) is 0.324. The normalized spacial score (nSPS) is 14.3. The van der Waals surface area contributed by atoms with Gasteiger partial charge in [-0.15, -0.1) is 0 Å². The Balaban J connectivity index is 1.56. The average Bonchev–Trinajstić information content (AvgIpc) is 2.82. The number of para-hydroxylation sites is 1. The first-order valence-electron chi connectivity index (χ1n) is 9.94. The van der Waals surface area contributed by atoms with Crippen molar-refractivity contribution in [2.45, 2.75) is 11.4 Å². The molecule has 0 aromatic heterocycles. The summed E-state index contributed by atoms with van der Waals surface area (Å²) in [6, 6.07) is 20.3. The zero-order valence-electron chi connectivity index (χ0n) is 17.6. The van der Waals surface area contributed by atoms with Crippen LogP contribution in [0.25, 0.3) is 6.08 Å². The largest absolute Gasteiger partial charge is 0.496 e. The molecule has 4 rings (SSSR count). The molecule has 0 unspecified atom stereocenters. The molecule has 2 amide bonds. The maximum absolute atomic E-state index is 13.0. The van der Waals surface area contributed by atoms with E-state index >= 15 is 0 Å². The number of hydrogen-bond acceptors (Lipinski definition) is 4. The second-order valence-corrected chi connectivity index (χ2v) is 8.66. The Morgan fingerprint density at radius 3 is 2.66 bits per heavy atom. The second kappa shape index (κ2) is 9.51. The molecule has 0 spiro atoms. The maximum atomic E-state index is 13.0. The minimum absolute atomic E-state index is 0.137. The number of benzene rings is 3. The number of likely N-dealkylation sites (N-methyl/N-ethyl adjacent to an activating group) is 1. The molecule has 1 N–H and O–H groups in total. The third kappa shape index (κ3) is 4.52. The monoisotopic (exact) mass is 464 g/mol. The maximum Gasteiger partial charge on any atom is 0.264 e. The van der Waals surface area contributed by atoms with E-state index in [1.54, 1.807) is 37.3 Å². The Morgan fingerprint density at radius 2 is 1.88 bits per heavy atom. The highest BCUT2D eigenvalue weighted by Gasteiger charge is 2.27. The van der Waals surface area contributed by atoms with Gasteiger partial charge in [-0.1, -0.05) is 59.8 Å². The van der Waals surface area contributed by atoms with Gasteiger partial charge >= 0.3 is 0 Å². The van der Waals surface area contributed by atoms with Crippen LogP contribution in [0.2, 0.25) is 5.02 Å². The predicted octanol–water partition coefficient (Wildman–Crippen LogP) is 5.39. The van der Waals surface area contributed by atoms with Gasteiger partial charge in [-0.25, -0.2) is 0 Å². The molecule has 1 aliphatic heterocycles. The van der Waals surface area contributed by atoms with E-state index in [1.807, 2.05) is 54.6 Å². The van der Waals surface area contributed by atoms with Gasteiger partial charge in [0.2, 0.25) is 0 Å². The molecule has 0 bridgehead atoms. The van der Waals surface area contributed by atoms with E-state index in [2.05, 4.69) is 5.32 Å². The first-order chi connectivity index (χ1) is 15.5. The Bertz CT molecular complexity index is 1230. The van der Waals surface area contributed by atoms with Crippen LogP contribution in [0.4, 0.5) is 5.69 Å². The number of carbonyl (C=O) groups excluding carboxylic acids is 2. The standard InChI is InChI=1S/C25H21ClN2O3S/c1-28-20-13-17(24(29)27-15-18-8-3-5-9-19(18)26)11-12-22(20)32-23(25(28)30)14-16-7-4-6-10-21(16)31-2/h3-14H,15H2,1-2H3,(H,27,29). The summed E-state index contributed by atoms with van der Waals surface area (Å²) in [5.41, 5.74) is 2.85. The van der Waals surface area contributed by atoms with Gasteiger partial charge in [0, 0.05) is 34.6 Å². The number of amides is 2. The lowest BCUT2D eigenvalue weighted by atomic mass is 10.1. The molecular weight excluding hydrogens is 444 g/mol. The van der Waals surface area contributed by atoms with Crippen LogP contribution in [0.3, 0.4) is 0 Å². The molecule has 32 heavy (non-hydrogen) atoms. The summed E-state index contributed by atoms with van der Waals surface area (Å²) in [4.78, 5) is 28.7. The Morgan fingerprint density at radius 1 is 1.12 bits per heavy atom. The van der Waals surface area contributed by atoms with E-state index in [-0.39, 0.29) is 11.8 Å². The molecule has 1 heterocycles. The number of methoxy groups -OCH3 is 1.